The standard InChI is InChI=1S/C13H9ClFN3O3S2/c1-7-11(12(19)18-4-5-22-13(18)16-7)23(20,21)17-10-3-2-8(15)6-9(10)14/h2-6,17H,1H3. The van der Waals surface area contributed by atoms with Gasteiger partial charge in [0.05, 0.1) is 16.4 Å². The summed E-state index contributed by atoms with van der Waals surface area (Å²) >= 11 is 7.03. The van der Waals surface area contributed by atoms with E-state index in [1.807, 2.05) is 0 Å². The highest BCUT2D eigenvalue weighted by Gasteiger charge is 2.25. The van der Waals surface area contributed by atoms with Gasteiger partial charge in [0.25, 0.3) is 15.6 Å². The van der Waals surface area contributed by atoms with E-state index in [-0.39, 0.29) is 16.4 Å². The van der Waals surface area contributed by atoms with E-state index >= 15 is 0 Å². The summed E-state index contributed by atoms with van der Waals surface area (Å²) in [6.07, 6.45) is 1.44. The Morgan fingerprint density at radius 3 is 2.83 bits per heavy atom. The highest BCUT2D eigenvalue weighted by atomic mass is 35.5. The van der Waals surface area contributed by atoms with Crippen LogP contribution in [-0.2, 0) is 10.0 Å². The Bertz CT molecular complexity index is 1080. The zero-order valence-corrected chi connectivity index (χ0v) is 14.0. The van der Waals surface area contributed by atoms with Gasteiger partial charge in [-0.15, -0.1) is 11.3 Å². The van der Waals surface area contributed by atoms with Crippen molar-refractivity contribution in [2.45, 2.75) is 11.8 Å². The molecule has 3 aromatic rings. The van der Waals surface area contributed by atoms with Gasteiger partial charge in [-0.25, -0.2) is 17.8 Å². The normalized spacial score (nSPS) is 11.8. The molecule has 0 spiro atoms. The molecule has 0 unspecified atom stereocenters. The Morgan fingerprint density at radius 1 is 1.39 bits per heavy atom. The van der Waals surface area contributed by atoms with Crippen LogP contribution in [-0.4, -0.2) is 17.8 Å². The molecule has 0 radical (unpaired) electrons. The minimum absolute atomic E-state index is 0.0257. The van der Waals surface area contributed by atoms with Gasteiger partial charge in [-0.3, -0.25) is 13.9 Å². The Morgan fingerprint density at radius 2 is 2.13 bits per heavy atom. The predicted molar refractivity (Wildman–Crippen MR) is 86.3 cm³/mol. The number of halogens is 2. The number of nitrogens with zero attached hydrogens (tertiary/aromatic N) is 2. The molecule has 10 heteroatoms. The highest BCUT2D eigenvalue weighted by molar-refractivity contribution is 7.92. The van der Waals surface area contributed by atoms with Crippen molar-refractivity contribution in [3.63, 3.8) is 0 Å². The van der Waals surface area contributed by atoms with Crippen LogP contribution in [0.1, 0.15) is 5.69 Å². The van der Waals surface area contributed by atoms with Gasteiger partial charge in [0.1, 0.15) is 5.82 Å². The van der Waals surface area contributed by atoms with Crippen LogP contribution in [0.3, 0.4) is 0 Å². The average molecular weight is 374 g/mol. The lowest BCUT2D eigenvalue weighted by Gasteiger charge is -2.11. The molecule has 0 amide bonds. The number of aromatic nitrogens is 2. The largest absolute Gasteiger partial charge is 0.279 e. The summed E-state index contributed by atoms with van der Waals surface area (Å²) in [5.74, 6) is -0.601. The lowest BCUT2D eigenvalue weighted by molar-refractivity contribution is 0.598. The van der Waals surface area contributed by atoms with Crippen molar-refractivity contribution in [1.29, 1.82) is 0 Å². The summed E-state index contributed by atoms with van der Waals surface area (Å²) in [4.78, 5) is 16.4. The fourth-order valence-electron chi connectivity index (χ4n) is 2.04. The van der Waals surface area contributed by atoms with Gasteiger partial charge in [0.2, 0.25) is 0 Å². The van der Waals surface area contributed by atoms with Crippen molar-refractivity contribution in [2.24, 2.45) is 0 Å². The quantitative estimate of drug-likeness (QED) is 0.765. The molecule has 1 aromatic carbocycles. The predicted octanol–water partition coefficient (Wildman–Crippen LogP) is 2.66. The molecule has 2 heterocycles. The lowest BCUT2D eigenvalue weighted by Crippen LogP contribution is -2.27. The Kier molecular flexibility index (Phi) is 3.86. The second kappa shape index (κ2) is 5.59. The number of sulfonamides is 1. The third-order valence-corrected chi connectivity index (χ3v) is 5.60. The zero-order chi connectivity index (χ0) is 16.8. The SMILES string of the molecule is Cc1nc2sccn2c(=O)c1S(=O)(=O)Nc1ccc(F)cc1Cl. The van der Waals surface area contributed by atoms with Crippen LogP contribution in [0.5, 0.6) is 0 Å². The summed E-state index contributed by atoms with van der Waals surface area (Å²) in [7, 11) is -4.23. The van der Waals surface area contributed by atoms with Gasteiger partial charge < -0.3 is 0 Å². The molecular weight excluding hydrogens is 365 g/mol. The number of thiazole rings is 1. The van der Waals surface area contributed by atoms with E-state index in [0.717, 1.165) is 16.5 Å². The van der Waals surface area contributed by atoms with Crippen molar-refractivity contribution < 1.29 is 12.8 Å². The van der Waals surface area contributed by atoms with Gasteiger partial charge in [0.15, 0.2) is 9.86 Å². The third kappa shape index (κ3) is 2.82. The monoisotopic (exact) mass is 373 g/mol. The first kappa shape index (κ1) is 15.9. The third-order valence-electron chi connectivity index (χ3n) is 3.04. The fourth-order valence-corrected chi connectivity index (χ4v) is 4.40. The molecule has 0 atom stereocenters. The molecule has 0 aliphatic carbocycles. The first-order chi connectivity index (χ1) is 10.8. The number of anilines is 1. The van der Waals surface area contributed by atoms with Crippen molar-refractivity contribution in [3.8, 4) is 0 Å². The molecular formula is C13H9ClFN3O3S2. The van der Waals surface area contributed by atoms with Crippen molar-refractivity contribution >= 4 is 43.6 Å². The molecule has 0 aliphatic heterocycles. The van der Waals surface area contributed by atoms with Crippen LogP contribution < -0.4 is 10.3 Å². The topological polar surface area (TPSA) is 80.5 Å². The molecule has 120 valence electrons. The van der Waals surface area contributed by atoms with Crippen LogP contribution in [0, 0.1) is 12.7 Å². The molecule has 6 nitrogen and oxygen atoms in total. The van der Waals surface area contributed by atoms with Gasteiger partial charge in [-0.1, -0.05) is 11.6 Å². The van der Waals surface area contributed by atoms with Gasteiger partial charge in [0, 0.05) is 11.6 Å². The van der Waals surface area contributed by atoms with Crippen molar-refractivity contribution in [1.82, 2.24) is 9.38 Å². The van der Waals surface area contributed by atoms with Crippen molar-refractivity contribution in [3.05, 3.63) is 56.7 Å². The lowest BCUT2D eigenvalue weighted by atomic mass is 10.3. The summed E-state index contributed by atoms with van der Waals surface area (Å²) in [6.45, 7) is 1.43. The summed E-state index contributed by atoms with van der Waals surface area (Å²) < 4.78 is 41.5. The van der Waals surface area contributed by atoms with E-state index in [1.54, 1.807) is 5.38 Å². The average Bonchev–Trinajstić information content (AvgIpc) is 2.90. The van der Waals surface area contributed by atoms with E-state index in [0.29, 0.717) is 4.96 Å². The first-order valence-corrected chi connectivity index (χ1v) is 8.98. The summed E-state index contributed by atoms with van der Waals surface area (Å²) in [5, 5.41) is 1.51. The number of benzene rings is 1. The van der Waals surface area contributed by atoms with Crippen LogP contribution in [0.25, 0.3) is 4.96 Å². The fraction of sp³-hybridized carbons (Fsp3) is 0.0769. The number of fused-ring (bicyclic) bond motifs is 1. The molecule has 0 fully saturated rings. The van der Waals surface area contributed by atoms with Crippen LogP contribution in [0.15, 0.2) is 39.5 Å². The molecule has 3 rings (SSSR count). The Balaban J connectivity index is 2.15. The summed E-state index contributed by atoms with van der Waals surface area (Å²) in [5.41, 5.74) is -0.662. The maximum atomic E-state index is 13.0. The van der Waals surface area contributed by atoms with Gasteiger partial charge in [-0.2, -0.15) is 0 Å². The summed E-state index contributed by atoms with van der Waals surface area (Å²) in [6, 6.07) is 3.21. The number of hydrogen-bond donors (Lipinski definition) is 1. The van der Waals surface area contributed by atoms with E-state index in [9.17, 15) is 17.6 Å². The molecule has 1 N–H and O–H groups in total. The minimum Gasteiger partial charge on any atom is -0.278 e. The highest BCUT2D eigenvalue weighted by Crippen LogP contribution is 2.25. The minimum atomic E-state index is -4.23. The second-order valence-electron chi connectivity index (χ2n) is 4.62. The van der Waals surface area contributed by atoms with Gasteiger partial charge >= 0.3 is 0 Å². The van der Waals surface area contributed by atoms with E-state index in [1.165, 1.54) is 30.5 Å². The number of aryl methyl sites for hydroxylation is 1. The Labute approximate surface area is 139 Å². The number of hydrogen-bond acceptors (Lipinski definition) is 5. The van der Waals surface area contributed by atoms with E-state index in [4.69, 9.17) is 11.6 Å². The maximum Gasteiger partial charge on any atom is 0.279 e. The molecule has 23 heavy (non-hydrogen) atoms. The van der Waals surface area contributed by atoms with Crippen molar-refractivity contribution in [2.75, 3.05) is 4.72 Å². The van der Waals surface area contributed by atoms with Crippen LogP contribution in [0.4, 0.5) is 10.1 Å². The van der Waals surface area contributed by atoms with E-state index in [2.05, 4.69) is 9.71 Å². The zero-order valence-electron chi connectivity index (χ0n) is 11.6. The maximum absolute atomic E-state index is 13.0. The van der Waals surface area contributed by atoms with Crippen LogP contribution >= 0.6 is 22.9 Å². The molecule has 0 saturated carbocycles. The first-order valence-electron chi connectivity index (χ1n) is 6.24. The smallest absolute Gasteiger partial charge is 0.278 e. The number of rotatable bonds is 3. The molecule has 2 aromatic heterocycles. The van der Waals surface area contributed by atoms with Gasteiger partial charge in [-0.05, 0) is 25.1 Å². The van der Waals surface area contributed by atoms with Crippen LogP contribution in [0.2, 0.25) is 5.02 Å². The molecule has 0 aliphatic rings. The second-order valence-corrected chi connectivity index (χ2v) is 7.52. The molecule has 0 bridgehead atoms. The number of nitrogens with one attached hydrogen (secondary N) is 1. The Hall–Kier alpha value is -1.97. The molecule has 0 saturated heterocycles. The van der Waals surface area contributed by atoms with E-state index < -0.39 is 26.3 Å².